The molecule has 0 amide bonds. The fraction of sp³-hybridized carbons (Fsp3) is 0.500. The minimum atomic E-state index is -0.658. The van der Waals surface area contributed by atoms with Gasteiger partial charge < -0.3 is 29.2 Å². The third-order valence-corrected chi connectivity index (χ3v) is 10.1. The third kappa shape index (κ3) is 15.6. The topological polar surface area (TPSA) is 112 Å². The summed E-state index contributed by atoms with van der Waals surface area (Å²) in [5, 5.41) is 20.6. The Balaban J connectivity index is 1.89. The van der Waals surface area contributed by atoms with Crippen LogP contribution in [0.2, 0.25) is 0 Å². The maximum absolute atomic E-state index is 12.2. The summed E-state index contributed by atoms with van der Waals surface area (Å²) >= 11 is 0. The second kappa shape index (κ2) is 23.0. The third-order valence-electron chi connectivity index (χ3n) is 10.1. The molecule has 3 aromatic carbocycles. The zero-order valence-corrected chi connectivity index (χ0v) is 34.8. The van der Waals surface area contributed by atoms with Crippen LogP contribution in [0.1, 0.15) is 102 Å². The van der Waals surface area contributed by atoms with E-state index in [2.05, 4.69) is 77.3 Å². The fourth-order valence-electron chi connectivity index (χ4n) is 6.20. The lowest BCUT2D eigenvalue weighted by atomic mass is 9.76. The van der Waals surface area contributed by atoms with Crippen LogP contribution in [-0.4, -0.2) is 61.8 Å². The summed E-state index contributed by atoms with van der Waals surface area (Å²) in [6, 6.07) is 21.0. The van der Waals surface area contributed by atoms with Crippen LogP contribution in [0.3, 0.4) is 0 Å². The summed E-state index contributed by atoms with van der Waals surface area (Å²) in [5.74, 6) is 0.363. The molecule has 0 aliphatic rings. The summed E-state index contributed by atoms with van der Waals surface area (Å²) in [7, 11) is 0. The molecule has 0 spiro atoms. The van der Waals surface area contributed by atoms with E-state index in [1.807, 2.05) is 24.3 Å². The van der Waals surface area contributed by atoms with E-state index in [4.69, 9.17) is 18.9 Å². The zero-order valence-electron chi connectivity index (χ0n) is 34.8. The van der Waals surface area contributed by atoms with Gasteiger partial charge in [-0.3, -0.25) is 0 Å². The molecule has 8 nitrogen and oxygen atoms in total. The van der Waals surface area contributed by atoms with Crippen molar-refractivity contribution in [2.75, 3.05) is 39.6 Å². The van der Waals surface area contributed by atoms with Crippen LogP contribution in [0, 0.1) is 10.8 Å². The number of benzene rings is 3. The van der Waals surface area contributed by atoms with Crippen LogP contribution >= 0.6 is 0 Å². The van der Waals surface area contributed by atoms with E-state index in [0.717, 1.165) is 47.9 Å². The maximum atomic E-state index is 12.2. The van der Waals surface area contributed by atoms with Gasteiger partial charge in [0.25, 0.3) is 0 Å². The Kier molecular flexibility index (Phi) is 18.9. The van der Waals surface area contributed by atoms with Gasteiger partial charge in [0.1, 0.15) is 24.7 Å². The predicted octanol–water partition coefficient (Wildman–Crippen LogP) is 9.60. The van der Waals surface area contributed by atoms with E-state index in [1.54, 1.807) is 13.8 Å². The van der Waals surface area contributed by atoms with Crippen LogP contribution in [0.4, 0.5) is 0 Å². The lowest BCUT2D eigenvalue weighted by Crippen LogP contribution is -2.33. The first-order chi connectivity index (χ1) is 26.7. The van der Waals surface area contributed by atoms with E-state index in [1.165, 1.54) is 30.4 Å². The van der Waals surface area contributed by atoms with Gasteiger partial charge in [-0.2, -0.15) is 0 Å². The van der Waals surface area contributed by atoms with Gasteiger partial charge in [-0.1, -0.05) is 96.2 Å². The quantitative estimate of drug-likeness (QED) is 0.0498. The molecule has 0 atom stereocenters. The molecule has 0 saturated carbocycles. The molecule has 0 bridgehead atoms. The number of aliphatic hydroxyl groups is 2. The molecule has 0 aliphatic carbocycles. The molecule has 0 aromatic heterocycles. The van der Waals surface area contributed by atoms with E-state index in [9.17, 15) is 19.8 Å². The Morgan fingerprint density at radius 2 is 1.21 bits per heavy atom. The van der Waals surface area contributed by atoms with Gasteiger partial charge in [0.15, 0.2) is 0 Å². The molecule has 3 aromatic rings. The van der Waals surface area contributed by atoms with Crippen LogP contribution < -0.4 is 9.47 Å². The Labute approximate surface area is 335 Å². The lowest BCUT2D eigenvalue weighted by molar-refractivity contribution is -0.140. The van der Waals surface area contributed by atoms with Gasteiger partial charge in [0, 0.05) is 28.5 Å². The number of aliphatic hydroxyl groups excluding tert-OH is 2. The first-order valence-electron chi connectivity index (χ1n) is 20.2. The Morgan fingerprint density at radius 3 is 1.82 bits per heavy atom. The number of ether oxygens (including phenoxy) is 4. The molecule has 0 fully saturated rings. The molecular formula is C48H66O8. The van der Waals surface area contributed by atoms with Gasteiger partial charge in [0.2, 0.25) is 0 Å². The van der Waals surface area contributed by atoms with Crippen molar-refractivity contribution < 1.29 is 38.7 Å². The average molecular weight is 771 g/mol. The SMILES string of the molecule is C=C(C)C(=O)OCCOc1cc(CCc2ccc(CCCCC)cc2)ccc1-c1ccc(OCCC(CO)(CO)CCC(C)(C)C)c(CCOC(=O)C(=C)C)c1. The normalized spacial score (nSPS) is 11.6. The van der Waals surface area contributed by atoms with Crippen molar-refractivity contribution in [2.24, 2.45) is 10.8 Å². The number of hydrogen-bond acceptors (Lipinski definition) is 8. The smallest absolute Gasteiger partial charge is 0.333 e. The average Bonchev–Trinajstić information content (AvgIpc) is 3.17. The van der Waals surface area contributed by atoms with E-state index in [-0.39, 0.29) is 45.1 Å². The maximum Gasteiger partial charge on any atom is 0.333 e. The van der Waals surface area contributed by atoms with Gasteiger partial charge in [-0.25, -0.2) is 9.59 Å². The summed E-state index contributed by atoms with van der Waals surface area (Å²) in [4.78, 5) is 24.2. The number of esters is 2. The number of hydrogen-bond donors (Lipinski definition) is 2. The standard InChI is InChI=1S/C48H66O8/c1-9-10-11-12-37-13-15-38(16-14-37)17-18-39-19-21-42(44(31-39)54-29-30-56-46(52)36(4)5)40-20-22-43(41(32-40)23-27-55-45(51)35(2)3)53-28-26-48(33-49,34-50)25-24-47(6,7)8/h13-16,19-22,31-32,49-50H,2,4,9-12,17-18,23-30,33-34H2,1,3,5-8H3. The molecular weight excluding hydrogens is 705 g/mol. The molecule has 0 saturated heterocycles. The molecule has 3 rings (SSSR count). The number of aryl methyl sites for hydroxylation is 3. The minimum Gasteiger partial charge on any atom is -0.493 e. The van der Waals surface area contributed by atoms with Crippen LogP contribution in [0.5, 0.6) is 11.5 Å². The van der Waals surface area contributed by atoms with Crippen LogP contribution in [0.15, 0.2) is 85.0 Å². The lowest BCUT2D eigenvalue weighted by Gasteiger charge is -2.32. The minimum absolute atomic E-state index is 0.0657. The Hall–Kier alpha value is -4.40. The largest absolute Gasteiger partial charge is 0.493 e. The highest BCUT2D eigenvalue weighted by atomic mass is 16.6. The first kappa shape index (κ1) is 46.0. The molecule has 8 heteroatoms. The Morgan fingerprint density at radius 1 is 0.625 bits per heavy atom. The highest BCUT2D eigenvalue weighted by Crippen LogP contribution is 2.36. The van der Waals surface area contributed by atoms with E-state index >= 15 is 0 Å². The van der Waals surface area contributed by atoms with Crippen LogP contribution in [-0.2, 0) is 44.7 Å². The number of carbonyl (C=O) groups excluding carboxylic acids is 2. The molecule has 56 heavy (non-hydrogen) atoms. The summed E-state index contributed by atoms with van der Waals surface area (Å²) in [5.41, 5.74) is 6.38. The van der Waals surface area contributed by atoms with Gasteiger partial charge >= 0.3 is 11.9 Å². The number of carbonyl (C=O) groups is 2. The Bertz CT molecular complexity index is 1710. The molecule has 0 radical (unpaired) electrons. The van der Waals surface area contributed by atoms with Crippen molar-refractivity contribution in [1.29, 1.82) is 0 Å². The van der Waals surface area contributed by atoms with Gasteiger partial charge in [-0.15, -0.1) is 0 Å². The van der Waals surface area contributed by atoms with Gasteiger partial charge in [-0.05, 0) is 110 Å². The molecule has 0 aliphatic heterocycles. The second-order valence-electron chi connectivity index (χ2n) is 16.3. The van der Waals surface area contributed by atoms with Crippen molar-refractivity contribution in [2.45, 2.75) is 106 Å². The fourth-order valence-corrected chi connectivity index (χ4v) is 6.20. The predicted molar refractivity (Wildman–Crippen MR) is 225 cm³/mol. The monoisotopic (exact) mass is 770 g/mol. The van der Waals surface area contributed by atoms with Crippen molar-refractivity contribution in [1.82, 2.24) is 0 Å². The van der Waals surface area contributed by atoms with Gasteiger partial charge in [0.05, 0.1) is 26.4 Å². The van der Waals surface area contributed by atoms with Crippen molar-refractivity contribution in [3.8, 4) is 22.6 Å². The number of rotatable bonds is 25. The molecule has 306 valence electrons. The van der Waals surface area contributed by atoms with Crippen LogP contribution in [0.25, 0.3) is 11.1 Å². The summed E-state index contributed by atoms with van der Waals surface area (Å²) in [6.07, 6.45) is 8.88. The highest BCUT2D eigenvalue weighted by molar-refractivity contribution is 5.87. The molecule has 0 unspecified atom stereocenters. The first-order valence-corrected chi connectivity index (χ1v) is 20.2. The zero-order chi connectivity index (χ0) is 41.1. The molecule has 0 heterocycles. The van der Waals surface area contributed by atoms with Crippen molar-refractivity contribution in [3.05, 3.63) is 107 Å². The van der Waals surface area contributed by atoms with E-state index in [0.29, 0.717) is 41.9 Å². The van der Waals surface area contributed by atoms with E-state index < -0.39 is 17.4 Å². The highest BCUT2D eigenvalue weighted by Gasteiger charge is 2.30. The second-order valence-corrected chi connectivity index (χ2v) is 16.3. The van der Waals surface area contributed by atoms with Crippen molar-refractivity contribution in [3.63, 3.8) is 0 Å². The molecule has 2 N–H and O–H groups in total. The number of unbranched alkanes of at least 4 members (excludes halogenated alkanes) is 2. The summed E-state index contributed by atoms with van der Waals surface area (Å²) < 4.78 is 23.4. The summed E-state index contributed by atoms with van der Waals surface area (Å²) in [6.45, 7) is 19.6. The van der Waals surface area contributed by atoms with Crippen molar-refractivity contribution >= 4 is 11.9 Å².